The molecule has 116 valence electrons. The van der Waals surface area contributed by atoms with Crippen LogP contribution in [0.5, 0.6) is 0 Å². The van der Waals surface area contributed by atoms with Crippen LogP contribution in [0.3, 0.4) is 0 Å². The van der Waals surface area contributed by atoms with Crippen LogP contribution in [0.15, 0.2) is 18.2 Å². The number of amides is 1. The number of carbonyl (C=O) groups is 1. The van der Waals surface area contributed by atoms with Crippen molar-refractivity contribution in [3.8, 4) is 0 Å². The minimum absolute atomic E-state index is 0.153. The first-order valence-corrected chi connectivity index (χ1v) is 6.50. The summed E-state index contributed by atoms with van der Waals surface area (Å²) in [6, 6.07) is 4.07. The first-order valence-electron chi connectivity index (χ1n) is 6.50. The average molecular weight is 295 g/mol. The summed E-state index contributed by atoms with van der Waals surface area (Å²) >= 11 is 0. The Bertz CT molecular complexity index is 562. The number of aliphatic hydroxyl groups is 1. The van der Waals surface area contributed by atoms with Crippen molar-refractivity contribution < 1.29 is 14.8 Å². The summed E-state index contributed by atoms with van der Waals surface area (Å²) < 4.78 is 0. The van der Waals surface area contributed by atoms with Gasteiger partial charge < -0.3 is 15.7 Å². The Hall–Kier alpha value is -2.15. The summed E-state index contributed by atoms with van der Waals surface area (Å²) in [6.45, 7) is 6.66. The molecule has 1 amide bonds. The Morgan fingerprint density at radius 1 is 1.29 bits per heavy atom. The smallest absolute Gasteiger partial charge is 0.292 e. The van der Waals surface area contributed by atoms with E-state index in [1.54, 1.807) is 27.7 Å². The molecule has 0 fully saturated rings. The molecule has 1 aromatic carbocycles. The van der Waals surface area contributed by atoms with E-state index in [4.69, 9.17) is 0 Å². The van der Waals surface area contributed by atoms with Gasteiger partial charge in [0, 0.05) is 18.7 Å². The predicted octanol–water partition coefficient (Wildman–Crippen LogP) is 1.92. The largest absolute Gasteiger partial charge is 0.388 e. The topological polar surface area (TPSA) is 104 Å². The molecule has 0 aromatic heterocycles. The van der Waals surface area contributed by atoms with Gasteiger partial charge in [-0.05, 0) is 39.8 Å². The number of anilines is 1. The fourth-order valence-electron chi connectivity index (χ4n) is 1.57. The van der Waals surface area contributed by atoms with E-state index in [1.807, 2.05) is 0 Å². The Morgan fingerprint density at radius 3 is 2.29 bits per heavy atom. The molecule has 0 spiro atoms. The van der Waals surface area contributed by atoms with Crippen LogP contribution in [0.4, 0.5) is 11.4 Å². The molecule has 3 N–H and O–H groups in total. The summed E-state index contributed by atoms with van der Waals surface area (Å²) in [7, 11) is 1.48. The van der Waals surface area contributed by atoms with Gasteiger partial charge in [0.05, 0.1) is 16.1 Å². The van der Waals surface area contributed by atoms with Crippen LogP contribution in [0, 0.1) is 10.1 Å². The number of nitrogens with zero attached hydrogens (tertiary/aromatic N) is 1. The van der Waals surface area contributed by atoms with E-state index in [9.17, 15) is 20.0 Å². The zero-order chi connectivity index (χ0) is 16.4. The van der Waals surface area contributed by atoms with E-state index in [-0.39, 0.29) is 17.3 Å². The molecule has 0 heterocycles. The van der Waals surface area contributed by atoms with Gasteiger partial charge >= 0.3 is 0 Å². The van der Waals surface area contributed by atoms with Crippen molar-refractivity contribution in [3.05, 3.63) is 33.9 Å². The molecule has 0 saturated carbocycles. The third-order valence-corrected chi connectivity index (χ3v) is 3.66. The number of carbonyl (C=O) groups excluding carboxylic acids is 1. The summed E-state index contributed by atoms with van der Waals surface area (Å²) in [5.74, 6) is -0.339. The van der Waals surface area contributed by atoms with Crippen LogP contribution in [-0.4, -0.2) is 34.1 Å². The summed E-state index contributed by atoms with van der Waals surface area (Å²) in [5.41, 5.74) is -1.62. The predicted molar refractivity (Wildman–Crippen MR) is 80.5 cm³/mol. The normalized spacial score (nSPS) is 11.9. The highest BCUT2D eigenvalue weighted by molar-refractivity contribution is 5.95. The molecule has 0 radical (unpaired) electrons. The fourth-order valence-corrected chi connectivity index (χ4v) is 1.57. The summed E-state index contributed by atoms with van der Waals surface area (Å²) in [6.07, 6.45) is 0. The number of nitro groups is 1. The zero-order valence-corrected chi connectivity index (χ0v) is 12.9. The van der Waals surface area contributed by atoms with Crippen LogP contribution in [-0.2, 0) is 0 Å². The molecule has 7 nitrogen and oxygen atoms in total. The van der Waals surface area contributed by atoms with Crippen molar-refractivity contribution in [2.45, 2.75) is 38.8 Å². The maximum Gasteiger partial charge on any atom is 0.292 e. The van der Waals surface area contributed by atoms with Crippen molar-refractivity contribution >= 4 is 17.3 Å². The zero-order valence-electron chi connectivity index (χ0n) is 12.9. The van der Waals surface area contributed by atoms with E-state index in [0.29, 0.717) is 5.56 Å². The summed E-state index contributed by atoms with van der Waals surface area (Å²) in [5, 5.41) is 26.7. The lowest BCUT2D eigenvalue weighted by molar-refractivity contribution is -0.384. The Morgan fingerprint density at radius 2 is 1.86 bits per heavy atom. The van der Waals surface area contributed by atoms with Gasteiger partial charge in [-0.15, -0.1) is 0 Å². The molecule has 0 unspecified atom stereocenters. The lowest BCUT2D eigenvalue weighted by Gasteiger charge is -2.38. The van der Waals surface area contributed by atoms with E-state index >= 15 is 0 Å². The lowest BCUT2D eigenvalue weighted by Crippen LogP contribution is -2.51. The molecule has 0 aliphatic heterocycles. The molecule has 0 saturated heterocycles. The number of hydrogen-bond acceptors (Lipinski definition) is 5. The van der Waals surface area contributed by atoms with Crippen LogP contribution < -0.4 is 10.6 Å². The molecule has 21 heavy (non-hydrogen) atoms. The van der Waals surface area contributed by atoms with Gasteiger partial charge in [-0.1, -0.05) is 0 Å². The highest BCUT2D eigenvalue weighted by atomic mass is 16.6. The SMILES string of the molecule is CNC(=O)c1ccc([N+](=O)[O-])c(NC(C)(C)C(C)(C)O)c1. The third kappa shape index (κ3) is 3.69. The van der Waals surface area contributed by atoms with Gasteiger partial charge in [0.1, 0.15) is 5.69 Å². The third-order valence-electron chi connectivity index (χ3n) is 3.66. The van der Waals surface area contributed by atoms with Crippen molar-refractivity contribution in [2.75, 3.05) is 12.4 Å². The highest BCUT2D eigenvalue weighted by Gasteiger charge is 2.36. The molecule has 0 aliphatic rings. The Balaban J connectivity index is 3.31. The first-order chi connectivity index (χ1) is 9.49. The first kappa shape index (κ1) is 16.9. The average Bonchev–Trinajstić information content (AvgIpc) is 2.35. The number of rotatable bonds is 5. The number of nitrogens with one attached hydrogen (secondary N) is 2. The Labute approximate surface area is 123 Å². The van der Waals surface area contributed by atoms with Crippen LogP contribution >= 0.6 is 0 Å². The van der Waals surface area contributed by atoms with Crippen molar-refractivity contribution in [2.24, 2.45) is 0 Å². The molecule has 0 atom stereocenters. The van der Waals surface area contributed by atoms with E-state index in [2.05, 4.69) is 10.6 Å². The molecular formula is C14H21N3O4. The van der Waals surface area contributed by atoms with Crippen molar-refractivity contribution in [1.29, 1.82) is 0 Å². The second-order valence-corrected chi connectivity index (χ2v) is 5.88. The van der Waals surface area contributed by atoms with Crippen molar-refractivity contribution in [1.82, 2.24) is 5.32 Å². The van der Waals surface area contributed by atoms with Gasteiger partial charge in [0.2, 0.25) is 0 Å². The second-order valence-electron chi connectivity index (χ2n) is 5.88. The quantitative estimate of drug-likeness (QED) is 0.568. The van der Waals surface area contributed by atoms with E-state index in [1.165, 1.54) is 25.2 Å². The molecule has 1 aromatic rings. The monoisotopic (exact) mass is 295 g/mol. The standard InChI is InChI=1S/C14H21N3O4/c1-13(2,14(3,4)19)16-10-8-9(12(18)15-5)6-7-11(10)17(20)21/h6-8,16,19H,1-5H3,(H,15,18). The number of benzene rings is 1. The van der Waals surface area contributed by atoms with Crippen molar-refractivity contribution in [3.63, 3.8) is 0 Å². The molecular weight excluding hydrogens is 274 g/mol. The van der Waals surface area contributed by atoms with Gasteiger partial charge in [-0.2, -0.15) is 0 Å². The van der Waals surface area contributed by atoms with Gasteiger partial charge in [0.15, 0.2) is 0 Å². The van der Waals surface area contributed by atoms with E-state index < -0.39 is 16.1 Å². The van der Waals surface area contributed by atoms with Gasteiger partial charge in [-0.3, -0.25) is 14.9 Å². The molecule has 7 heteroatoms. The number of nitro benzene ring substituents is 1. The van der Waals surface area contributed by atoms with Gasteiger partial charge in [-0.25, -0.2) is 0 Å². The Kier molecular flexibility index (Phi) is 4.58. The summed E-state index contributed by atoms with van der Waals surface area (Å²) in [4.78, 5) is 22.2. The highest BCUT2D eigenvalue weighted by Crippen LogP contribution is 2.32. The van der Waals surface area contributed by atoms with Crippen LogP contribution in [0.25, 0.3) is 0 Å². The molecule has 0 aliphatic carbocycles. The fraction of sp³-hybridized carbons (Fsp3) is 0.500. The molecule has 1 rings (SSSR count). The van der Waals surface area contributed by atoms with E-state index in [0.717, 1.165) is 0 Å². The maximum absolute atomic E-state index is 11.7. The van der Waals surface area contributed by atoms with Crippen LogP contribution in [0.1, 0.15) is 38.1 Å². The minimum Gasteiger partial charge on any atom is -0.388 e. The minimum atomic E-state index is -1.12. The maximum atomic E-state index is 11.7. The van der Waals surface area contributed by atoms with Gasteiger partial charge in [0.25, 0.3) is 11.6 Å². The van der Waals surface area contributed by atoms with Crippen LogP contribution in [0.2, 0.25) is 0 Å². The second kappa shape index (κ2) is 5.69. The lowest BCUT2D eigenvalue weighted by atomic mass is 9.85. The number of hydrogen-bond donors (Lipinski definition) is 3. The molecule has 0 bridgehead atoms.